The Hall–Kier alpha value is -11.8. The lowest BCUT2D eigenvalue weighted by Gasteiger charge is -2.39. The fraction of sp³-hybridized carbons (Fsp3) is 0.429. The van der Waals surface area contributed by atoms with E-state index < -0.39 is 41.6 Å². The average molecular weight is 1620 g/mol. The van der Waals surface area contributed by atoms with Gasteiger partial charge in [0.2, 0.25) is 0 Å². The number of nitrogens with zero attached hydrogens (tertiary/aromatic N) is 20. The van der Waals surface area contributed by atoms with Gasteiger partial charge in [-0.1, -0.05) is 39.9 Å². The SMILES string of the molecule is Cc1noc(C)c1-c1cnc2c(-c3cnn(C)c3)cn(CC3(F)CCCCC3)c2c1.Cc1noc(C)c1-c1cnc2c(-c3cnn(C)c3)cn(CC3CC(C)(F)C3)c2c1.[2H]C([2H])(C1CC(C)(F)C1)n1cc(-c2cnn(C)c2)c2ncc(-c3c(C)noc3C)cc21.[2H]C([2H])(C1CCC(C)(F)CC1)n1cc(-c2cnn(C)c2)c2ncc(-c3c(C)noc3C)cc21. The van der Waals surface area contributed by atoms with Gasteiger partial charge in [-0.15, -0.1) is 0 Å². The van der Waals surface area contributed by atoms with Crippen LogP contribution in [0.4, 0.5) is 17.6 Å². The van der Waals surface area contributed by atoms with E-state index in [1.807, 2.05) is 162 Å². The maximum Gasteiger partial charge on any atom is 0.141 e. The van der Waals surface area contributed by atoms with E-state index in [1.165, 1.54) is 6.92 Å². The Morgan fingerprint density at radius 3 is 0.975 bits per heavy atom. The second-order valence-corrected chi connectivity index (χ2v) is 34.3. The first kappa shape index (κ1) is 74.7. The van der Waals surface area contributed by atoms with Crippen molar-refractivity contribution in [1.82, 2.24) is 98.0 Å². The van der Waals surface area contributed by atoms with Gasteiger partial charge < -0.3 is 36.4 Å². The van der Waals surface area contributed by atoms with Crippen LogP contribution >= 0.6 is 0 Å². The van der Waals surface area contributed by atoms with Crippen molar-refractivity contribution in [2.75, 3.05) is 0 Å². The predicted molar refractivity (Wildman–Crippen MR) is 450 cm³/mol. The normalized spacial score (nSPS) is 21.1. The molecular formula is C91H102F4N20O4. The second kappa shape index (κ2) is 31.1. The van der Waals surface area contributed by atoms with Crippen LogP contribution in [0.2, 0.25) is 0 Å². The van der Waals surface area contributed by atoms with E-state index in [2.05, 4.69) is 63.9 Å². The molecule has 0 saturated heterocycles. The van der Waals surface area contributed by atoms with Gasteiger partial charge in [-0.3, -0.25) is 38.7 Å². The Labute approximate surface area is 692 Å². The van der Waals surface area contributed by atoms with Crippen LogP contribution in [0.3, 0.4) is 0 Å². The van der Waals surface area contributed by atoms with E-state index in [0.29, 0.717) is 97.4 Å². The first-order chi connectivity index (χ1) is 58.4. The first-order valence-corrected chi connectivity index (χ1v) is 40.8. The molecule has 4 saturated carbocycles. The fourth-order valence-corrected chi connectivity index (χ4v) is 18.3. The van der Waals surface area contributed by atoms with Crippen molar-refractivity contribution >= 4 is 44.1 Å². The number of fused-ring (bicyclic) bond motifs is 4. The van der Waals surface area contributed by atoms with Crippen LogP contribution in [-0.2, 0) is 54.3 Å². The third-order valence-corrected chi connectivity index (χ3v) is 24.2. The van der Waals surface area contributed by atoms with Crippen molar-refractivity contribution in [3.63, 3.8) is 0 Å². The standard InChI is InChI=1S/C24H28FN5O.C23H26FN5O.2C22H24FN5O/c1-15-22(16(2)31-28-15)18-9-21-23(26-10-18)20(19-11-27-29(4)13-19)14-30(21)12-17-5-7-24(3,25)8-6-17;1-15-21(16(2)30-27-15)17-9-20-22(25-10-17)19(18-11-26-28(3)12-18)13-29(20)14-23(24)7-5-4-6-8-23;2*1-13-20(14(2)29-26-13)16-5-19-21(24-8-16)18(17-9-25-27(4)11-17)12-28(19)10-15-6-22(3,23)7-15/h9-11,13-14,17H,5-8,12H2,1-4H3;9-13H,4-8,14H2,1-3H3;2*5,8-9,11-12,15H,6-7,10H2,1-4H3/i12D2;;10D2;. The highest BCUT2D eigenvalue weighted by molar-refractivity contribution is 5.98. The van der Waals surface area contributed by atoms with Gasteiger partial charge >= 0.3 is 0 Å². The van der Waals surface area contributed by atoms with Crippen LogP contribution in [-0.4, -0.2) is 121 Å². The molecule has 0 amide bonds. The molecule has 24 nitrogen and oxygen atoms in total. The van der Waals surface area contributed by atoms with Gasteiger partial charge in [0, 0.05) is 211 Å². The summed E-state index contributed by atoms with van der Waals surface area (Å²) in [7, 11) is 7.48. The lowest BCUT2D eigenvalue weighted by atomic mass is 9.73. The van der Waals surface area contributed by atoms with Crippen molar-refractivity contribution < 1.29 is 41.1 Å². The van der Waals surface area contributed by atoms with E-state index in [9.17, 15) is 13.2 Å². The molecular weight excluding hydrogens is 1510 g/mol. The molecule has 0 aromatic carbocycles. The highest BCUT2D eigenvalue weighted by atomic mass is 19.2. The van der Waals surface area contributed by atoms with Gasteiger partial charge in [0.1, 0.15) is 45.7 Å². The zero-order chi connectivity index (χ0) is 86.9. The van der Waals surface area contributed by atoms with Crippen molar-refractivity contribution in [1.29, 1.82) is 0 Å². The number of rotatable bonds is 16. The summed E-state index contributed by atoms with van der Waals surface area (Å²) in [5.74, 6) is 2.54. The van der Waals surface area contributed by atoms with E-state index in [1.54, 1.807) is 72.7 Å². The lowest BCUT2D eigenvalue weighted by molar-refractivity contribution is 0.0174. The Kier molecular flexibility index (Phi) is 19.5. The summed E-state index contributed by atoms with van der Waals surface area (Å²) in [5.41, 5.74) is 19.5. The molecule has 0 spiro atoms. The molecule has 0 aliphatic heterocycles. The number of aromatic nitrogens is 20. The van der Waals surface area contributed by atoms with Crippen molar-refractivity contribution in [2.45, 2.75) is 208 Å². The highest BCUT2D eigenvalue weighted by Crippen LogP contribution is 2.47. The van der Waals surface area contributed by atoms with Crippen molar-refractivity contribution in [3.8, 4) is 89.0 Å². The van der Waals surface area contributed by atoms with Crippen LogP contribution in [0.1, 0.15) is 156 Å². The second-order valence-electron chi connectivity index (χ2n) is 34.3. The topological polar surface area (TPSA) is 247 Å². The fourth-order valence-electron chi connectivity index (χ4n) is 18.3. The van der Waals surface area contributed by atoms with E-state index >= 15 is 4.39 Å². The number of aryl methyl sites for hydroxylation is 12. The summed E-state index contributed by atoms with van der Waals surface area (Å²) in [6.45, 7) is 17.6. The first-order valence-electron chi connectivity index (χ1n) is 42.8. The van der Waals surface area contributed by atoms with Crippen molar-refractivity contribution in [3.05, 3.63) is 169 Å². The Morgan fingerprint density at radius 1 is 0.361 bits per heavy atom. The Morgan fingerprint density at radius 2 is 0.664 bits per heavy atom. The highest BCUT2D eigenvalue weighted by Gasteiger charge is 2.42. The number of pyridine rings is 4. The summed E-state index contributed by atoms with van der Waals surface area (Å²) in [4.78, 5) is 19.1. The largest absolute Gasteiger partial charge is 0.361 e. The van der Waals surface area contributed by atoms with Gasteiger partial charge in [-0.05, 0) is 182 Å². The van der Waals surface area contributed by atoms with Gasteiger partial charge in [0.25, 0.3) is 0 Å². The van der Waals surface area contributed by atoms with Gasteiger partial charge in [-0.25, -0.2) is 17.6 Å². The summed E-state index contributed by atoms with van der Waals surface area (Å²) >= 11 is 0. The molecule has 0 radical (unpaired) electrons. The number of alkyl halides is 4. The quantitative estimate of drug-likeness (QED) is 0.0816. The molecule has 16 aromatic rings. The van der Waals surface area contributed by atoms with Crippen LogP contribution in [0, 0.1) is 73.1 Å². The average Bonchev–Trinajstić information content (AvgIpc) is 1.61. The maximum atomic E-state index is 15.6. The van der Waals surface area contributed by atoms with E-state index in [4.69, 9.17) is 43.5 Å². The lowest BCUT2D eigenvalue weighted by Crippen LogP contribution is -2.38. The molecule has 20 rings (SSSR count). The third-order valence-electron chi connectivity index (χ3n) is 24.2. The summed E-state index contributed by atoms with van der Waals surface area (Å²) in [6.07, 6.45) is 37.5. The Balaban J connectivity index is 0.000000116. The summed E-state index contributed by atoms with van der Waals surface area (Å²) in [6, 6.07) is 8.09. The molecule has 0 bridgehead atoms. The monoisotopic (exact) mass is 1620 g/mol. The molecule has 16 aromatic heterocycles. The molecule has 4 aliphatic rings. The summed E-state index contributed by atoms with van der Waals surface area (Å²) in [5, 5.41) is 33.4. The molecule has 4 aliphatic carbocycles. The predicted octanol–water partition coefficient (Wildman–Crippen LogP) is 20.7. The van der Waals surface area contributed by atoms with Gasteiger partial charge in [0.15, 0.2) is 0 Å². The molecule has 28 heteroatoms. The molecule has 0 atom stereocenters. The Bertz CT molecular complexity index is 6540. The zero-order valence-corrected chi connectivity index (χ0v) is 70.0. The van der Waals surface area contributed by atoms with E-state index in [0.717, 1.165) is 171 Å². The van der Waals surface area contributed by atoms with E-state index in [-0.39, 0.29) is 18.8 Å². The molecule has 0 unspecified atom stereocenters. The van der Waals surface area contributed by atoms with Gasteiger partial charge in [-0.2, -0.15) is 20.4 Å². The number of hydrogen-bond donors (Lipinski definition) is 0. The van der Waals surface area contributed by atoms with Crippen molar-refractivity contribution in [2.24, 2.45) is 45.9 Å². The number of halogens is 4. The molecule has 119 heavy (non-hydrogen) atoms. The minimum Gasteiger partial charge on any atom is -0.361 e. The zero-order valence-electron chi connectivity index (χ0n) is 74.0. The molecule has 0 N–H and O–H groups in total. The molecule has 16 heterocycles. The third kappa shape index (κ3) is 16.1. The van der Waals surface area contributed by atoms with Crippen LogP contribution < -0.4 is 0 Å². The minimum atomic E-state index is -1.76. The molecule has 618 valence electrons. The molecule has 4 fully saturated rings. The van der Waals surface area contributed by atoms with Crippen LogP contribution in [0.5, 0.6) is 0 Å². The summed E-state index contributed by atoms with van der Waals surface area (Å²) < 4.78 is 130. The maximum absolute atomic E-state index is 15.6. The van der Waals surface area contributed by atoms with Crippen LogP contribution in [0.15, 0.2) is 142 Å². The van der Waals surface area contributed by atoms with Gasteiger partial charge in [0.05, 0.1) is 104 Å². The number of hydrogen-bond acceptors (Lipinski definition) is 16. The minimum absolute atomic E-state index is 0.193. The van der Waals surface area contributed by atoms with Crippen LogP contribution in [0.25, 0.3) is 133 Å². The smallest absolute Gasteiger partial charge is 0.141 e.